The zero-order valence-corrected chi connectivity index (χ0v) is 19.1. The lowest BCUT2D eigenvalue weighted by Crippen LogP contribution is -2.38. The van der Waals surface area contributed by atoms with Crippen molar-refractivity contribution in [2.45, 2.75) is 58.9 Å². The van der Waals surface area contributed by atoms with Crippen LogP contribution in [0.15, 0.2) is 10.4 Å². The standard InChI is InChI=1S/C18H32N4OS.HI/c1-5-19-17(20-9-6-10-23-12-14-7-8-14)21-11-16-22-15(13-24-16)18(2,3)4;/h13-14H,5-12H2,1-4H3,(H2,19,20,21);1H. The number of aliphatic imine (C=N–C) groups is 1. The molecule has 2 rings (SSSR count). The van der Waals surface area contributed by atoms with Gasteiger partial charge in [0.25, 0.3) is 0 Å². The van der Waals surface area contributed by atoms with Gasteiger partial charge >= 0.3 is 0 Å². The van der Waals surface area contributed by atoms with Gasteiger partial charge in [-0.25, -0.2) is 9.98 Å². The normalized spacial score (nSPS) is 15.0. The number of hydrogen-bond donors (Lipinski definition) is 2. The van der Waals surface area contributed by atoms with E-state index in [4.69, 9.17) is 9.72 Å². The van der Waals surface area contributed by atoms with Gasteiger partial charge in [0.05, 0.1) is 12.2 Å². The summed E-state index contributed by atoms with van der Waals surface area (Å²) < 4.78 is 5.65. The molecule has 0 unspecified atom stereocenters. The first-order chi connectivity index (χ1) is 11.5. The fourth-order valence-electron chi connectivity index (χ4n) is 2.13. The van der Waals surface area contributed by atoms with E-state index >= 15 is 0 Å². The monoisotopic (exact) mass is 480 g/mol. The quantitative estimate of drug-likeness (QED) is 0.244. The van der Waals surface area contributed by atoms with Gasteiger partial charge in [-0.3, -0.25) is 0 Å². The maximum absolute atomic E-state index is 5.65. The van der Waals surface area contributed by atoms with E-state index in [1.165, 1.54) is 12.8 Å². The molecular weight excluding hydrogens is 447 g/mol. The summed E-state index contributed by atoms with van der Waals surface area (Å²) in [6.07, 6.45) is 3.70. The van der Waals surface area contributed by atoms with Gasteiger partial charge in [-0.1, -0.05) is 20.8 Å². The number of rotatable bonds is 9. The predicted molar refractivity (Wildman–Crippen MR) is 117 cm³/mol. The first-order valence-electron chi connectivity index (χ1n) is 9.04. The molecule has 0 spiro atoms. The molecule has 7 heteroatoms. The van der Waals surface area contributed by atoms with E-state index in [-0.39, 0.29) is 29.4 Å². The van der Waals surface area contributed by atoms with E-state index in [1.807, 2.05) is 0 Å². The topological polar surface area (TPSA) is 58.5 Å². The predicted octanol–water partition coefficient (Wildman–Crippen LogP) is 3.93. The number of nitrogens with one attached hydrogen (secondary N) is 2. The highest BCUT2D eigenvalue weighted by Gasteiger charge is 2.20. The van der Waals surface area contributed by atoms with E-state index in [9.17, 15) is 0 Å². The van der Waals surface area contributed by atoms with Crippen molar-refractivity contribution in [1.29, 1.82) is 0 Å². The van der Waals surface area contributed by atoms with E-state index in [2.05, 4.69) is 48.7 Å². The number of aromatic nitrogens is 1. The van der Waals surface area contributed by atoms with Crippen LogP contribution in [0, 0.1) is 5.92 Å². The summed E-state index contributed by atoms with van der Waals surface area (Å²) in [7, 11) is 0. The first-order valence-corrected chi connectivity index (χ1v) is 9.92. The number of hydrogen-bond acceptors (Lipinski definition) is 4. The molecule has 25 heavy (non-hydrogen) atoms. The zero-order chi connectivity index (χ0) is 17.4. The molecule has 1 aliphatic carbocycles. The van der Waals surface area contributed by atoms with Crippen molar-refractivity contribution in [1.82, 2.24) is 15.6 Å². The van der Waals surface area contributed by atoms with Crippen LogP contribution in [-0.2, 0) is 16.7 Å². The van der Waals surface area contributed by atoms with E-state index in [0.717, 1.165) is 55.3 Å². The molecule has 0 radical (unpaired) electrons. The van der Waals surface area contributed by atoms with Crippen LogP contribution in [0.1, 0.15) is 57.7 Å². The van der Waals surface area contributed by atoms with Gasteiger partial charge in [0.15, 0.2) is 5.96 Å². The highest BCUT2D eigenvalue weighted by molar-refractivity contribution is 14.0. The molecule has 0 aliphatic heterocycles. The molecule has 1 fully saturated rings. The average Bonchev–Trinajstić information content (AvgIpc) is 3.21. The second-order valence-corrected chi connectivity index (χ2v) is 8.31. The molecule has 144 valence electrons. The van der Waals surface area contributed by atoms with Crippen molar-refractivity contribution in [3.8, 4) is 0 Å². The van der Waals surface area contributed by atoms with Crippen LogP contribution in [0.2, 0.25) is 0 Å². The van der Waals surface area contributed by atoms with Gasteiger partial charge in [-0.15, -0.1) is 35.3 Å². The number of halogens is 1. The molecule has 1 aliphatic rings. The highest BCUT2D eigenvalue weighted by atomic mass is 127. The first kappa shape index (κ1) is 22.6. The Hall–Kier alpha value is -0.410. The lowest BCUT2D eigenvalue weighted by Gasteiger charge is -2.14. The molecule has 1 aromatic heterocycles. The van der Waals surface area contributed by atoms with Gasteiger partial charge in [-0.05, 0) is 32.1 Å². The Morgan fingerprint density at radius 1 is 1.36 bits per heavy atom. The van der Waals surface area contributed by atoms with Crippen LogP contribution >= 0.6 is 35.3 Å². The van der Waals surface area contributed by atoms with Crippen LogP contribution < -0.4 is 10.6 Å². The van der Waals surface area contributed by atoms with Crippen LogP contribution in [0.4, 0.5) is 0 Å². The smallest absolute Gasteiger partial charge is 0.191 e. The summed E-state index contributed by atoms with van der Waals surface area (Å²) in [6.45, 7) is 12.8. The van der Waals surface area contributed by atoms with Crippen LogP contribution in [0.5, 0.6) is 0 Å². The fraction of sp³-hybridized carbons (Fsp3) is 0.778. The average molecular weight is 480 g/mol. The Morgan fingerprint density at radius 3 is 2.72 bits per heavy atom. The molecule has 5 nitrogen and oxygen atoms in total. The van der Waals surface area contributed by atoms with E-state index in [1.54, 1.807) is 11.3 Å². The molecule has 0 saturated heterocycles. The van der Waals surface area contributed by atoms with Crippen LogP contribution in [-0.4, -0.2) is 37.2 Å². The van der Waals surface area contributed by atoms with E-state index < -0.39 is 0 Å². The molecule has 0 bridgehead atoms. The molecule has 1 aromatic rings. The molecule has 2 N–H and O–H groups in total. The molecule has 0 amide bonds. The maximum atomic E-state index is 5.65. The minimum Gasteiger partial charge on any atom is -0.381 e. The number of nitrogens with zero attached hydrogens (tertiary/aromatic N) is 2. The lowest BCUT2D eigenvalue weighted by atomic mass is 9.93. The Bertz CT molecular complexity index is 523. The van der Waals surface area contributed by atoms with Gasteiger partial charge in [0.2, 0.25) is 0 Å². The third-order valence-electron chi connectivity index (χ3n) is 3.85. The van der Waals surface area contributed by atoms with Crippen molar-refractivity contribution in [2.24, 2.45) is 10.9 Å². The van der Waals surface area contributed by atoms with Crippen molar-refractivity contribution < 1.29 is 4.74 Å². The number of guanidine groups is 1. The van der Waals surface area contributed by atoms with Crippen molar-refractivity contribution in [3.63, 3.8) is 0 Å². The second-order valence-electron chi connectivity index (χ2n) is 7.37. The molecule has 1 heterocycles. The maximum Gasteiger partial charge on any atom is 0.191 e. The van der Waals surface area contributed by atoms with E-state index in [0.29, 0.717) is 6.54 Å². The van der Waals surface area contributed by atoms with Crippen molar-refractivity contribution in [3.05, 3.63) is 16.1 Å². The van der Waals surface area contributed by atoms with Gasteiger partial charge in [0.1, 0.15) is 5.01 Å². The Balaban J connectivity index is 0.00000312. The minimum absolute atomic E-state index is 0. The Morgan fingerprint density at radius 2 is 2.12 bits per heavy atom. The van der Waals surface area contributed by atoms with Crippen LogP contribution in [0.3, 0.4) is 0 Å². The lowest BCUT2D eigenvalue weighted by molar-refractivity contribution is 0.123. The molecule has 0 atom stereocenters. The summed E-state index contributed by atoms with van der Waals surface area (Å²) in [5.74, 6) is 1.69. The fourth-order valence-corrected chi connectivity index (χ4v) is 3.08. The largest absolute Gasteiger partial charge is 0.381 e. The molecular formula is C18H33IN4OS. The summed E-state index contributed by atoms with van der Waals surface area (Å²) in [6, 6.07) is 0. The van der Waals surface area contributed by atoms with Gasteiger partial charge in [0, 0.05) is 37.1 Å². The summed E-state index contributed by atoms with van der Waals surface area (Å²) in [5, 5.41) is 9.85. The van der Waals surface area contributed by atoms with Crippen molar-refractivity contribution in [2.75, 3.05) is 26.3 Å². The second kappa shape index (κ2) is 11.3. The Labute approximate surface area is 173 Å². The van der Waals surface area contributed by atoms with Crippen LogP contribution in [0.25, 0.3) is 0 Å². The third kappa shape index (κ3) is 9.19. The van der Waals surface area contributed by atoms with Crippen molar-refractivity contribution >= 4 is 41.3 Å². The summed E-state index contributed by atoms with van der Waals surface area (Å²) >= 11 is 1.69. The third-order valence-corrected chi connectivity index (χ3v) is 4.68. The van der Waals surface area contributed by atoms with Gasteiger partial charge in [-0.2, -0.15) is 0 Å². The minimum atomic E-state index is 0. The molecule has 1 saturated carbocycles. The zero-order valence-electron chi connectivity index (χ0n) is 15.9. The number of thiazole rings is 1. The summed E-state index contributed by atoms with van der Waals surface area (Å²) in [5.41, 5.74) is 1.24. The highest BCUT2D eigenvalue weighted by Crippen LogP contribution is 2.28. The summed E-state index contributed by atoms with van der Waals surface area (Å²) in [4.78, 5) is 9.33. The SMILES string of the molecule is CCNC(=NCc1nc(C(C)(C)C)cs1)NCCCOCC1CC1.I. The molecule has 0 aromatic carbocycles. The van der Waals surface area contributed by atoms with Gasteiger partial charge < -0.3 is 15.4 Å². The Kier molecular flexibility index (Phi) is 10.3. The number of ether oxygens (including phenoxy) is 1.